The third-order valence-corrected chi connectivity index (χ3v) is 4.38. The van der Waals surface area contributed by atoms with Crippen molar-refractivity contribution in [1.29, 1.82) is 0 Å². The Hall–Kier alpha value is -3.17. The summed E-state index contributed by atoms with van der Waals surface area (Å²) in [6.45, 7) is 1.66. The Bertz CT molecular complexity index is 1090. The summed E-state index contributed by atoms with van der Waals surface area (Å²) >= 11 is 12.1. The van der Waals surface area contributed by atoms with Crippen molar-refractivity contribution < 1.29 is 14.5 Å². The first-order chi connectivity index (χ1) is 13.8. The van der Waals surface area contributed by atoms with Gasteiger partial charge in [0.05, 0.1) is 33.1 Å². The molecular formula is C18H15Cl2N5O4. The molecule has 1 heterocycles. The van der Waals surface area contributed by atoms with E-state index in [1.54, 1.807) is 18.2 Å². The van der Waals surface area contributed by atoms with Gasteiger partial charge in [0, 0.05) is 24.1 Å². The molecule has 0 spiro atoms. The zero-order valence-electron chi connectivity index (χ0n) is 15.1. The maximum Gasteiger partial charge on any atom is 0.311 e. The first-order valence-electron chi connectivity index (χ1n) is 8.37. The van der Waals surface area contributed by atoms with Crippen LogP contribution in [-0.4, -0.2) is 34.0 Å². The van der Waals surface area contributed by atoms with Gasteiger partial charge in [-0.3, -0.25) is 14.9 Å². The fraction of sp³-hybridized carbons (Fsp3) is 0.167. The van der Waals surface area contributed by atoms with Crippen LogP contribution >= 0.6 is 23.2 Å². The first kappa shape index (κ1) is 20.6. The van der Waals surface area contributed by atoms with Gasteiger partial charge in [-0.25, -0.2) is 9.97 Å². The molecule has 0 aliphatic heterocycles. The number of nitro benzene ring substituents is 1. The number of halogens is 2. The van der Waals surface area contributed by atoms with Gasteiger partial charge in [-0.15, -0.1) is 0 Å². The summed E-state index contributed by atoms with van der Waals surface area (Å²) in [6, 6.07) is 7.68. The molecule has 0 saturated heterocycles. The molecule has 0 saturated carbocycles. The van der Waals surface area contributed by atoms with E-state index in [1.165, 1.54) is 25.4 Å². The van der Waals surface area contributed by atoms with Crippen LogP contribution in [0.15, 0.2) is 36.7 Å². The molecule has 2 N–H and O–H groups in total. The predicted octanol–water partition coefficient (Wildman–Crippen LogP) is 4.10. The number of rotatable bonds is 7. The third-order valence-electron chi connectivity index (χ3n) is 3.83. The second-order valence-corrected chi connectivity index (χ2v) is 6.74. The molecular weight excluding hydrogens is 421 g/mol. The van der Waals surface area contributed by atoms with Crippen LogP contribution in [0, 0.1) is 10.1 Å². The lowest BCUT2D eigenvalue weighted by molar-refractivity contribution is -0.385. The number of fused-ring (bicyclic) bond motifs is 1. The summed E-state index contributed by atoms with van der Waals surface area (Å²) in [7, 11) is 0. The van der Waals surface area contributed by atoms with Crippen LogP contribution in [0.5, 0.6) is 5.75 Å². The molecule has 0 bridgehead atoms. The Balaban J connectivity index is 1.95. The van der Waals surface area contributed by atoms with Crippen molar-refractivity contribution in [1.82, 2.24) is 15.3 Å². The number of nitro groups is 1. The number of amides is 1. The van der Waals surface area contributed by atoms with E-state index >= 15 is 0 Å². The maximum absolute atomic E-state index is 11.5. The molecule has 0 aliphatic rings. The second-order valence-electron chi connectivity index (χ2n) is 5.90. The van der Waals surface area contributed by atoms with E-state index in [0.29, 0.717) is 32.5 Å². The zero-order valence-corrected chi connectivity index (χ0v) is 16.6. The van der Waals surface area contributed by atoms with E-state index in [1.807, 2.05) is 0 Å². The lowest BCUT2D eigenvalue weighted by atomic mass is 10.2. The lowest BCUT2D eigenvalue weighted by Gasteiger charge is -2.12. The highest BCUT2D eigenvalue weighted by Gasteiger charge is 2.19. The average molecular weight is 436 g/mol. The van der Waals surface area contributed by atoms with Crippen molar-refractivity contribution in [2.45, 2.75) is 6.92 Å². The van der Waals surface area contributed by atoms with E-state index < -0.39 is 4.92 Å². The standard InChI is InChI=1S/C18H15Cl2N5O4/c1-10(26)21-4-5-29-17-8-15-12(7-16(17)25(27)28)18(23-9-22-15)24-14-3-2-11(19)6-13(14)20/h2-3,6-9H,4-5H2,1H3,(H,21,26)(H,22,23,24). The highest BCUT2D eigenvalue weighted by atomic mass is 35.5. The van der Waals surface area contributed by atoms with Crippen LogP contribution in [-0.2, 0) is 4.79 Å². The van der Waals surface area contributed by atoms with Gasteiger partial charge in [0.15, 0.2) is 5.75 Å². The number of nitrogens with one attached hydrogen (secondary N) is 2. The van der Waals surface area contributed by atoms with Crippen molar-refractivity contribution in [2.24, 2.45) is 0 Å². The van der Waals surface area contributed by atoms with Gasteiger partial charge in [0.2, 0.25) is 5.91 Å². The van der Waals surface area contributed by atoms with Gasteiger partial charge in [0.1, 0.15) is 18.8 Å². The van der Waals surface area contributed by atoms with Gasteiger partial charge in [-0.05, 0) is 18.2 Å². The van der Waals surface area contributed by atoms with Crippen LogP contribution in [0.3, 0.4) is 0 Å². The number of benzene rings is 2. The fourth-order valence-corrected chi connectivity index (χ4v) is 2.99. The normalized spacial score (nSPS) is 10.6. The van der Waals surface area contributed by atoms with Crippen molar-refractivity contribution in [2.75, 3.05) is 18.5 Å². The number of anilines is 2. The SMILES string of the molecule is CC(=O)NCCOc1cc2ncnc(Nc3ccc(Cl)cc3Cl)c2cc1[N+](=O)[O-]. The van der Waals surface area contributed by atoms with Crippen LogP contribution < -0.4 is 15.4 Å². The van der Waals surface area contributed by atoms with Crippen LogP contribution in [0.1, 0.15) is 6.92 Å². The second kappa shape index (κ2) is 8.89. The highest BCUT2D eigenvalue weighted by Crippen LogP contribution is 2.35. The molecule has 0 atom stereocenters. The third kappa shape index (κ3) is 5.01. The number of carbonyl (C=O) groups excluding carboxylic acids is 1. The minimum Gasteiger partial charge on any atom is -0.485 e. The van der Waals surface area contributed by atoms with E-state index in [9.17, 15) is 14.9 Å². The van der Waals surface area contributed by atoms with Gasteiger partial charge in [0.25, 0.3) is 0 Å². The minimum atomic E-state index is -0.556. The van der Waals surface area contributed by atoms with Crippen LogP contribution in [0.4, 0.5) is 17.2 Å². The molecule has 11 heteroatoms. The average Bonchev–Trinajstić information content (AvgIpc) is 2.66. The van der Waals surface area contributed by atoms with E-state index in [4.69, 9.17) is 27.9 Å². The lowest BCUT2D eigenvalue weighted by Crippen LogP contribution is -2.25. The summed E-state index contributed by atoms with van der Waals surface area (Å²) in [5, 5.41) is 18.4. The van der Waals surface area contributed by atoms with Crippen LogP contribution in [0.25, 0.3) is 10.9 Å². The summed E-state index contributed by atoms with van der Waals surface area (Å²) in [5.41, 5.74) is 0.724. The monoisotopic (exact) mass is 435 g/mol. The van der Waals surface area contributed by atoms with Gasteiger partial charge < -0.3 is 15.4 Å². The topological polar surface area (TPSA) is 119 Å². The maximum atomic E-state index is 11.5. The molecule has 0 fully saturated rings. The Morgan fingerprint density at radius 1 is 1.24 bits per heavy atom. The zero-order chi connectivity index (χ0) is 21.0. The predicted molar refractivity (Wildman–Crippen MR) is 110 cm³/mol. The first-order valence-corrected chi connectivity index (χ1v) is 9.13. The molecule has 1 aromatic heterocycles. The molecule has 29 heavy (non-hydrogen) atoms. The Kier molecular flexibility index (Phi) is 6.30. The summed E-state index contributed by atoms with van der Waals surface area (Å²) < 4.78 is 5.47. The summed E-state index contributed by atoms with van der Waals surface area (Å²) in [4.78, 5) is 30.2. The Morgan fingerprint density at radius 2 is 2.03 bits per heavy atom. The van der Waals surface area contributed by atoms with Crippen molar-refractivity contribution >= 4 is 57.2 Å². The fourth-order valence-electron chi connectivity index (χ4n) is 2.54. The quantitative estimate of drug-likeness (QED) is 0.325. The smallest absolute Gasteiger partial charge is 0.311 e. The van der Waals surface area contributed by atoms with Crippen molar-refractivity contribution in [3.8, 4) is 5.75 Å². The van der Waals surface area contributed by atoms with E-state index in [2.05, 4.69) is 20.6 Å². The molecule has 3 aromatic rings. The molecule has 150 valence electrons. The molecule has 9 nitrogen and oxygen atoms in total. The number of ether oxygens (including phenoxy) is 1. The van der Waals surface area contributed by atoms with E-state index in [0.717, 1.165) is 0 Å². The molecule has 2 aromatic carbocycles. The molecule has 1 amide bonds. The van der Waals surface area contributed by atoms with Crippen molar-refractivity contribution in [3.63, 3.8) is 0 Å². The largest absolute Gasteiger partial charge is 0.485 e. The Morgan fingerprint density at radius 3 is 2.72 bits per heavy atom. The number of aromatic nitrogens is 2. The Labute approximate surface area is 175 Å². The molecule has 0 aliphatic carbocycles. The van der Waals surface area contributed by atoms with E-state index in [-0.39, 0.29) is 30.5 Å². The molecule has 3 rings (SSSR count). The number of hydrogen-bond donors (Lipinski definition) is 2. The number of carbonyl (C=O) groups is 1. The highest BCUT2D eigenvalue weighted by molar-refractivity contribution is 6.36. The number of hydrogen-bond acceptors (Lipinski definition) is 7. The molecule has 0 radical (unpaired) electrons. The minimum absolute atomic E-state index is 0.0435. The molecule has 0 unspecified atom stereocenters. The number of nitrogens with zero attached hydrogens (tertiary/aromatic N) is 3. The van der Waals surface area contributed by atoms with Gasteiger partial charge in [-0.1, -0.05) is 23.2 Å². The van der Waals surface area contributed by atoms with Gasteiger partial charge in [-0.2, -0.15) is 0 Å². The van der Waals surface area contributed by atoms with Gasteiger partial charge >= 0.3 is 5.69 Å². The van der Waals surface area contributed by atoms with Crippen LogP contribution in [0.2, 0.25) is 10.0 Å². The summed E-state index contributed by atoms with van der Waals surface area (Å²) in [5.74, 6) is 0.167. The summed E-state index contributed by atoms with van der Waals surface area (Å²) in [6.07, 6.45) is 1.32. The van der Waals surface area contributed by atoms with Crippen molar-refractivity contribution in [3.05, 3.63) is 56.8 Å².